The zero-order valence-electron chi connectivity index (χ0n) is 14.0. The molecule has 0 unspecified atom stereocenters. The van der Waals surface area contributed by atoms with E-state index in [2.05, 4.69) is 4.99 Å². The third-order valence-electron chi connectivity index (χ3n) is 4.24. The summed E-state index contributed by atoms with van der Waals surface area (Å²) in [7, 11) is -3.18. The number of rotatable bonds is 5. The minimum Gasteiger partial charge on any atom is -0.481 e. The van der Waals surface area contributed by atoms with Crippen molar-refractivity contribution in [2.75, 3.05) is 16.4 Å². The average molecular weight is 451 g/mol. The number of hydrogen-bond donors (Lipinski definition) is 1. The maximum Gasteiger partial charge on any atom is 0.303 e. The van der Waals surface area contributed by atoms with Gasteiger partial charge in [0.05, 0.1) is 28.3 Å². The number of halogens is 2. The third kappa shape index (κ3) is 4.77. The van der Waals surface area contributed by atoms with Crippen molar-refractivity contribution in [2.45, 2.75) is 30.6 Å². The Labute approximate surface area is 170 Å². The van der Waals surface area contributed by atoms with Gasteiger partial charge in [-0.05, 0) is 24.6 Å². The smallest absolute Gasteiger partial charge is 0.303 e. The predicted octanol–water partition coefficient (Wildman–Crippen LogP) is 2.85. The molecule has 0 bridgehead atoms. The molecule has 3 rings (SSSR count). The van der Waals surface area contributed by atoms with Crippen molar-refractivity contribution >= 4 is 67.5 Å². The Morgan fingerprint density at radius 3 is 2.67 bits per heavy atom. The monoisotopic (exact) mass is 450 g/mol. The number of nitrogens with zero attached hydrogens (tertiary/aromatic N) is 2. The van der Waals surface area contributed by atoms with Gasteiger partial charge in [-0.3, -0.25) is 9.59 Å². The van der Waals surface area contributed by atoms with E-state index in [-0.39, 0.29) is 42.1 Å². The van der Waals surface area contributed by atoms with Crippen molar-refractivity contribution in [2.24, 2.45) is 4.99 Å². The molecule has 0 aliphatic carbocycles. The molecule has 2 saturated heterocycles. The number of carbonyl (C=O) groups excluding carboxylic acids is 1. The molecule has 146 valence electrons. The van der Waals surface area contributed by atoms with Crippen LogP contribution < -0.4 is 4.90 Å². The first-order valence-corrected chi connectivity index (χ1v) is 11.6. The summed E-state index contributed by atoms with van der Waals surface area (Å²) in [5, 5.41) is 9.58. The highest BCUT2D eigenvalue weighted by Crippen LogP contribution is 2.43. The molecule has 1 aromatic carbocycles. The first-order valence-electron chi connectivity index (χ1n) is 8.11. The average Bonchev–Trinajstić information content (AvgIpc) is 2.98. The minimum atomic E-state index is -3.18. The lowest BCUT2D eigenvalue weighted by Crippen LogP contribution is -2.37. The lowest BCUT2D eigenvalue weighted by atomic mass is 10.2. The highest BCUT2D eigenvalue weighted by molar-refractivity contribution is 8.16. The molecule has 2 aliphatic rings. The fourth-order valence-electron chi connectivity index (χ4n) is 3.08. The summed E-state index contributed by atoms with van der Waals surface area (Å²) in [6.07, 6.45) is 0.0880. The number of amides is 1. The molecule has 2 aliphatic heterocycles. The number of thioether (sulfide) groups is 1. The van der Waals surface area contributed by atoms with Crippen LogP contribution in [0.5, 0.6) is 0 Å². The fraction of sp³-hybridized carbons (Fsp3) is 0.438. The zero-order chi connectivity index (χ0) is 19.8. The van der Waals surface area contributed by atoms with Crippen molar-refractivity contribution in [3.8, 4) is 0 Å². The summed E-state index contributed by atoms with van der Waals surface area (Å²) in [4.78, 5) is 28.5. The molecule has 1 N–H and O–H groups in total. The predicted molar refractivity (Wildman–Crippen MR) is 107 cm³/mol. The van der Waals surface area contributed by atoms with Crippen LogP contribution in [0.2, 0.25) is 10.0 Å². The SMILES string of the molecule is O=C(O)CCCC(=O)N=C1S[C@H]2CS(=O)(=O)C[C@@H]2N1c1ccc(Cl)cc1Cl. The summed E-state index contributed by atoms with van der Waals surface area (Å²) in [6, 6.07) is 4.48. The van der Waals surface area contributed by atoms with Crippen LogP contribution in [-0.4, -0.2) is 53.4 Å². The summed E-state index contributed by atoms with van der Waals surface area (Å²) in [5.41, 5.74) is 0.537. The second-order valence-corrected chi connectivity index (χ2v) is 10.5. The van der Waals surface area contributed by atoms with Crippen LogP contribution >= 0.6 is 35.0 Å². The van der Waals surface area contributed by atoms with Gasteiger partial charge in [0.25, 0.3) is 0 Å². The summed E-state index contributed by atoms with van der Waals surface area (Å²) < 4.78 is 24.1. The number of aliphatic carboxylic acids is 1. The van der Waals surface area contributed by atoms with Gasteiger partial charge in [0.1, 0.15) is 0 Å². The number of amidine groups is 1. The maximum absolute atomic E-state index is 12.2. The number of anilines is 1. The molecule has 7 nitrogen and oxygen atoms in total. The fourth-order valence-corrected chi connectivity index (χ4v) is 7.50. The second-order valence-electron chi connectivity index (χ2n) is 6.30. The topological polar surface area (TPSA) is 104 Å². The normalized spacial score (nSPS) is 25.0. The zero-order valence-corrected chi connectivity index (χ0v) is 17.1. The number of sulfone groups is 1. The van der Waals surface area contributed by atoms with E-state index in [1.807, 2.05) is 0 Å². The van der Waals surface area contributed by atoms with Crippen LogP contribution in [0, 0.1) is 0 Å². The van der Waals surface area contributed by atoms with Crippen LogP contribution in [0.15, 0.2) is 23.2 Å². The first kappa shape index (κ1) is 20.4. The van der Waals surface area contributed by atoms with Gasteiger partial charge in [0.15, 0.2) is 15.0 Å². The number of carboxylic acids is 1. The van der Waals surface area contributed by atoms with Crippen molar-refractivity contribution < 1.29 is 23.1 Å². The van der Waals surface area contributed by atoms with Crippen LogP contribution in [0.1, 0.15) is 19.3 Å². The highest BCUT2D eigenvalue weighted by atomic mass is 35.5. The molecule has 0 spiro atoms. The van der Waals surface area contributed by atoms with Crippen LogP contribution in [0.25, 0.3) is 0 Å². The Morgan fingerprint density at radius 1 is 1.26 bits per heavy atom. The number of hydrogen-bond acceptors (Lipinski definition) is 5. The van der Waals surface area contributed by atoms with Crippen molar-refractivity contribution in [3.05, 3.63) is 28.2 Å². The van der Waals surface area contributed by atoms with Crippen LogP contribution in [-0.2, 0) is 19.4 Å². The molecule has 2 atom stereocenters. The van der Waals surface area contributed by atoms with Crippen molar-refractivity contribution in [1.82, 2.24) is 0 Å². The molecule has 0 aromatic heterocycles. The minimum absolute atomic E-state index is 0.00613. The molecule has 0 saturated carbocycles. The maximum atomic E-state index is 12.2. The van der Waals surface area contributed by atoms with Gasteiger partial charge in [0, 0.05) is 23.1 Å². The Kier molecular flexibility index (Phi) is 6.05. The van der Waals surface area contributed by atoms with Gasteiger partial charge < -0.3 is 10.0 Å². The Balaban J connectivity index is 1.89. The highest BCUT2D eigenvalue weighted by Gasteiger charge is 2.49. The van der Waals surface area contributed by atoms with Gasteiger partial charge in [-0.1, -0.05) is 35.0 Å². The largest absolute Gasteiger partial charge is 0.481 e. The first-order chi connectivity index (χ1) is 12.7. The Hall–Kier alpha value is -1.29. The van der Waals surface area contributed by atoms with E-state index in [0.29, 0.717) is 20.9 Å². The van der Waals surface area contributed by atoms with E-state index in [4.69, 9.17) is 28.3 Å². The van der Waals surface area contributed by atoms with Gasteiger partial charge in [-0.25, -0.2) is 8.42 Å². The molecule has 1 amide bonds. The molecular formula is C16H16Cl2N2O5S2. The molecule has 1 aromatic rings. The van der Waals surface area contributed by atoms with E-state index >= 15 is 0 Å². The number of benzene rings is 1. The second kappa shape index (κ2) is 7.98. The number of carboxylic acid groups (broad SMARTS) is 1. The van der Waals surface area contributed by atoms with Gasteiger partial charge in [0.2, 0.25) is 5.91 Å². The van der Waals surface area contributed by atoms with Crippen LogP contribution in [0.3, 0.4) is 0 Å². The third-order valence-corrected chi connectivity index (χ3v) is 7.99. The number of fused-ring (bicyclic) bond motifs is 1. The van der Waals surface area contributed by atoms with Crippen molar-refractivity contribution in [1.29, 1.82) is 0 Å². The quantitative estimate of drug-likeness (QED) is 0.734. The Bertz CT molecular complexity index is 919. The van der Waals surface area contributed by atoms with Gasteiger partial charge in [-0.15, -0.1) is 0 Å². The van der Waals surface area contributed by atoms with E-state index in [1.165, 1.54) is 11.8 Å². The number of carbonyl (C=O) groups is 2. The van der Waals surface area contributed by atoms with E-state index < -0.39 is 21.7 Å². The molecule has 0 radical (unpaired) electrons. The molecule has 11 heteroatoms. The summed E-state index contributed by atoms with van der Waals surface area (Å²) >= 11 is 13.5. The number of aliphatic imine (C=N–C) groups is 1. The van der Waals surface area contributed by atoms with Crippen LogP contribution in [0.4, 0.5) is 5.69 Å². The molecule has 2 heterocycles. The van der Waals surface area contributed by atoms with Gasteiger partial charge in [-0.2, -0.15) is 4.99 Å². The lowest BCUT2D eigenvalue weighted by Gasteiger charge is -2.25. The van der Waals surface area contributed by atoms with Crippen molar-refractivity contribution in [3.63, 3.8) is 0 Å². The standard InChI is InChI=1S/C16H16Cl2N2O5S2/c17-9-4-5-11(10(18)6-9)20-12-7-27(24,25)8-13(12)26-16(20)19-14(21)2-1-3-15(22)23/h4-6,12-13H,1-3,7-8H2,(H,22,23)/t12-,13-/m0/s1. The van der Waals surface area contributed by atoms with E-state index in [0.717, 1.165) is 0 Å². The molecule has 2 fully saturated rings. The molecular weight excluding hydrogens is 435 g/mol. The van der Waals surface area contributed by atoms with Gasteiger partial charge >= 0.3 is 5.97 Å². The van der Waals surface area contributed by atoms with E-state index in [1.54, 1.807) is 23.1 Å². The Morgan fingerprint density at radius 2 is 2.00 bits per heavy atom. The molecule has 27 heavy (non-hydrogen) atoms. The van der Waals surface area contributed by atoms with E-state index in [9.17, 15) is 18.0 Å². The summed E-state index contributed by atoms with van der Waals surface area (Å²) in [5.74, 6) is -1.46. The lowest BCUT2D eigenvalue weighted by molar-refractivity contribution is -0.137. The summed E-state index contributed by atoms with van der Waals surface area (Å²) in [6.45, 7) is 0.